The van der Waals surface area contributed by atoms with E-state index in [1.807, 2.05) is 19.1 Å². The molecule has 0 heterocycles. The Balaban J connectivity index is 1.95. The largest absolute Gasteiger partial charge is 0.438 e. The second kappa shape index (κ2) is 12.5. The lowest BCUT2D eigenvalue weighted by Gasteiger charge is -2.49. The van der Waals surface area contributed by atoms with Gasteiger partial charge in [-0.05, 0) is 105 Å². The van der Waals surface area contributed by atoms with E-state index in [2.05, 4.69) is 19.4 Å². The van der Waals surface area contributed by atoms with Crippen LogP contribution in [0.1, 0.15) is 98.3 Å². The van der Waals surface area contributed by atoms with Crippen LogP contribution in [0.2, 0.25) is 0 Å². The van der Waals surface area contributed by atoms with Crippen molar-refractivity contribution in [2.24, 2.45) is 22.7 Å². The lowest BCUT2D eigenvalue weighted by atomic mass is 9.55. The SMILES string of the molecule is C=C1/C(=C\C=C2/CCC[C@@]3(C)C2CC[C@@H]3C(C)(CC#CC(O)(C(F)(F)F)C(F)(F)F)CCCC(C)(C)O)C[C@@H](O)C[C@@H]1F. The van der Waals surface area contributed by atoms with E-state index in [0.29, 0.717) is 43.3 Å². The number of rotatable bonds is 7. The van der Waals surface area contributed by atoms with Gasteiger partial charge in [-0.1, -0.05) is 50.5 Å². The Labute approximate surface area is 250 Å². The number of hydrogen-bond donors (Lipinski definition) is 3. The topological polar surface area (TPSA) is 60.7 Å². The quantitative estimate of drug-likeness (QED) is 0.198. The molecule has 0 amide bonds. The Bertz CT molecular complexity index is 1140. The molecule has 3 N–H and O–H groups in total. The summed E-state index contributed by atoms with van der Waals surface area (Å²) < 4.78 is 94.1. The van der Waals surface area contributed by atoms with Crippen LogP contribution in [0.4, 0.5) is 30.7 Å². The highest BCUT2D eigenvalue weighted by molar-refractivity contribution is 5.39. The molecule has 0 spiro atoms. The molecule has 3 nitrogen and oxygen atoms in total. The van der Waals surface area contributed by atoms with E-state index < -0.39 is 41.2 Å². The molecule has 0 bridgehead atoms. The summed E-state index contributed by atoms with van der Waals surface area (Å²) in [6.07, 6.45) is -5.02. The van der Waals surface area contributed by atoms with E-state index in [1.54, 1.807) is 13.8 Å². The minimum Gasteiger partial charge on any atom is -0.393 e. The number of aliphatic hydroxyl groups excluding tert-OH is 1. The molecular weight excluding hydrogens is 577 g/mol. The van der Waals surface area contributed by atoms with Crippen LogP contribution in [-0.2, 0) is 0 Å². The fraction of sp³-hybridized carbons (Fsp3) is 0.758. The van der Waals surface area contributed by atoms with Crippen molar-refractivity contribution >= 4 is 0 Å². The maximum absolute atomic E-state index is 14.3. The average Bonchev–Trinajstić information content (AvgIpc) is 3.21. The Morgan fingerprint density at radius 1 is 1.00 bits per heavy atom. The summed E-state index contributed by atoms with van der Waals surface area (Å²) in [6, 6.07) is 0. The zero-order chi connectivity index (χ0) is 32.6. The van der Waals surface area contributed by atoms with Crippen molar-refractivity contribution in [3.05, 3.63) is 35.5 Å². The van der Waals surface area contributed by atoms with Gasteiger partial charge in [-0.25, -0.2) is 4.39 Å². The Morgan fingerprint density at radius 2 is 1.63 bits per heavy atom. The van der Waals surface area contributed by atoms with Gasteiger partial charge in [-0.15, -0.1) is 0 Å². The third-order valence-corrected chi connectivity index (χ3v) is 10.1. The monoisotopic (exact) mass is 622 g/mol. The zero-order valence-corrected chi connectivity index (χ0v) is 25.4. The molecule has 0 aromatic heterocycles. The van der Waals surface area contributed by atoms with E-state index in [9.17, 15) is 46.1 Å². The van der Waals surface area contributed by atoms with Crippen molar-refractivity contribution in [3.8, 4) is 11.8 Å². The van der Waals surface area contributed by atoms with Crippen LogP contribution in [0, 0.1) is 34.5 Å². The molecule has 3 saturated carbocycles. The fourth-order valence-corrected chi connectivity index (χ4v) is 7.81. The summed E-state index contributed by atoms with van der Waals surface area (Å²) in [5.41, 5.74) is -5.05. The molecule has 0 radical (unpaired) electrons. The summed E-state index contributed by atoms with van der Waals surface area (Å²) in [7, 11) is 0. The summed E-state index contributed by atoms with van der Waals surface area (Å²) >= 11 is 0. The highest BCUT2D eigenvalue weighted by Gasteiger charge is 2.70. The second-order valence-electron chi connectivity index (χ2n) is 14.1. The molecule has 6 atom stereocenters. The van der Waals surface area contributed by atoms with Gasteiger partial charge in [0.25, 0.3) is 0 Å². The van der Waals surface area contributed by atoms with Crippen molar-refractivity contribution in [1.29, 1.82) is 0 Å². The number of fused-ring (bicyclic) bond motifs is 1. The number of hydrogen-bond acceptors (Lipinski definition) is 3. The summed E-state index contributed by atoms with van der Waals surface area (Å²) in [5.74, 6) is 3.28. The van der Waals surface area contributed by atoms with Gasteiger partial charge in [0.15, 0.2) is 0 Å². The van der Waals surface area contributed by atoms with Crippen molar-refractivity contribution in [2.45, 2.75) is 134 Å². The first kappa shape index (κ1) is 35.6. The number of alkyl halides is 7. The minimum absolute atomic E-state index is 0.0212. The van der Waals surface area contributed by atoms with E-state index in [1.165, 1.54) is 0 Å². The maximum Gasteiger partial charge on any atom is 0.438 e. The van der Waals surface area contributed by atoms with Gasteiger partial charge in [-0.3, -0.25) is 0 Å². The van der Waals surface area contributed by atoms with E-state index in [0.717, 1.165) is 37.2 Å². The summed E-state index contributed by atoms with van der Waals surface area (Å²) in [5, 5.41) is 29.9. The summed E-state index contributed by atoms with van der Waals surface area (Å²) in [6.45, 7) is 11.1. The maximum atomic E-state index is 14.3. The second-order valence-corrected chi connectivity index (χ2v) is 14.1. The molecule has 0 aliphatic heterocycles. The van der Waals surface area contributed by atoms with Crippen LogP contribution in [-0.4, -0.2) is 51.1 Å². The van der Waals surface area contributed by atoms with Crippen LogP contribution < -0.4 is 0 Å². The van der Waals surface area contributed by atoms with Crippen LogP contribution in [0.15, 0.2) is 35.5 Å². The molecule has 244 valence electrons. The predicted octanol–water partition coefficient (Wildman–Crippen LogP) is 8.30. The van der Waals surface area contributed by atoms with Crippen LogP contribution in [0.25, 0.3) is 0 Å². The molecule has 43 heavy (non-hydrogen) atoms. The van der Waals surface area contributed by atoms with Gasteiger partial charge < -0.3 is 15.3 Å². The number of aliphatic hydroxyl groups is 3. The Kier molecular flexibility index (Phi) is 10.4. The molecule has 0 aromatic rings. The normalized spacial score (nSPS) is 32.4. The third kappa shape index (κ3) is 7.70. The number of allylic oxidation sites excluding steroid dienone is 4. The highest BCUT2D eigenvalue weighted by atomic mass is 19.4. The van der Waals surface area contributed by atoms with Crippen molar-refractivity contribution in [2.75, 3.05) is 0 Å². The van der Waals surface area contributed by atoms with Crippen LogP contribution in [0.3, 0.4) is 0 Å². The summed E-state index contributed by atoms with van der Waals surface area (Å²) in [4.78, 5) is 0. The minimum atomic E-state index is -6.01. The van der Waals surface area contributed by atoms with Gasteiger partial charge in [-0.2, -0.15) is 26.3 Å². The molecule has 3 aliphatic rings. The van der Waals surface area contributed by atoms with E-state index in [-0.39, 0.29) is 30.1 Å². The first-order chi connectivity index (χ1) is 19.5. The zero-order valence-electron chi connectivity index (χ0n) is 25.4. The van der Waals surface area contributed by atoms with Gasteiger partial charge in [0.1, 0.15) is 6.17 Å². The highest BCUT2D eigenvalue weighted by Crippen LogP contribution is 2.63. The van der Waals surface area contributed by atoms with Gasteiger partial charge in [0, 0.05) is 12.8 Å². The van der Waals surface area contributed by atoms with Gasteiger partial charge >= 0.3 is 18.0 Å². The molecular formula is C33H45F7O3. The van der Waals surface area contributed by atoms with E-state index >= 15 is 0 Å². The van der Waals surface area contributed by atoms with Crippen LogP contribution in [0.5, 0.6) is 0 Å². The third-order valence-electron chi connectivity index (χ3n) is 10.1. The van der Waals surface area contributed by atoms with E-state index in [4.69, 9.17) is 0 Å². The Hall–Kier alpha value is -1.83. The lowest BCUT2D eigenvalue weighted by Crippen LogP contribution is -2.55. The standard InChI is InChI=1S/C33H45F7O3/c1-21-23(19-24(41)20-26(21)34)11-10-22-9-6-17-30(5)25(22)12-13-27(30)29(4,15-7-14-28(2,3)42)16-8-18-31(43,32(35,36)37)33(38,39)40/h10-11,24-27,41-43H,1,6-7,9,12-17,19-20H2,2-5H3/b22-10+,23-11-/t24-,25?,26+,27-,29?,30+/m1/s1. The van der Waals surface area contributed by atoms with Crippen LogP contribution >= 0.6 is 0 Å². The first-order valence-electron chi connectivity index (χ1n) is 15.0. The molecule has 3 aliphatic carbocycles. The van der Waals surface area contributed by atoms with Crippen molar-refractivity contribution in [1.82, 2.24) is 0 Å². The van der Waals surface area contributed by atoms with Gasteiger partial charge in [0.05, 0.1) is 11.7 Å². The molecule has 2 unspecified atom stereocenters. The molecule has 3 rings (SSSR count). The average molecular weight is 623 g/mol. The predicted molar refractivity (Wildman–Crippen MR) is 151 cm³/mol. The van der Waals surface area contributed by atoms with Crippen molar-refractivity contribution < 1.29 is 46.1 Å². The first-order valence-corrected chi connectivity index (χ1v) is 15.0. The van der Waals surface area contributed by atoms with Gasteiger partial charge in [0.2, 0.25) is 0 Å². The fourth-order valence-electron chi connectivity index (χ4n) is 7.81. The molecule has 10 heteroatoms. The number of halogens is 7. The Morgan fingerprint density at radius 3 is 2.21 bits per heavy atom. The van der Waals surface area contributed by atoms with Crippen molar-refractivity contribution in [3.63, 3.8) is 0 Å². The molecule has 0 saturated heterocycles. The molecule has 3 fully saturated rings. The lowest BCUT2D eigenvalue weighted by molar-refractivity contribution is -0.343. The molecule has 0 aromatic carbocycles. The smallest absolute Gasteiger partial charge is 0.393 e.